The summed E-state index contributed by atoms with van der Waals surface area (Å²) in [4.78, 5) is 8.59. The third-order valence-electron chi connectivity index (χ3n) is 3.43. The molecule has 0 spiro atoms. The lowest BCUT2D eigenvalue weighted by atomic mass is 10.1. The third-order valence-corrected chi connectivity index (χ3v) is 3.43. The van der Waals surface area contributed by atoms with E-state index in [1.807, 2.05) is 7.05 Å². The van der Waals surface area contributed by atoms with Crippen molar-refractivity contribution in [3.63, 3.8) is 0 Å². The molecule has 106 valence electrons. The third kappa shape index (κ3) is 3.26. The van der Waals surface area contributed by atoms with Crippen molar-refractivity contribution in [2.45, 2.75) is 33.2 Å². The Hall–Kier alpha value is -2.10. The van der Waals surface area contributed by atoms with E-state index in [9.17, 15) is 0 Å². The zero-order valence-corrected chi connectivity index (χ0v) is 12.4. The molecule has 0 saturated heterocycles. The molecule has 0 unspecified atom stereocenters. The van der Waals surface area contributed by atoms with Crippen molar-refractivity contribution < 1.29 is 0 Å². The average Bonchev–Trinajstić information content (AvgIpc) is 2.52. The highest BCUT2D eigenvalue weighted by molar-refractivity contribution is 5.57. The summed E-state index contributed by atoms with van der Waals surface area (Å²) in [7, 11) is 1.88. The summed E-state index contributed by atoms with van der Waals surface area (Å²) < 4.78 is 0. The average molecular weight is 270 g/mol. The predicted molar refractivity (Wildman–Crippen MR) is 84.1 cm³/mol. The fourth-order valence-corrected chi connectivity index (χ4v) is 2.19. The zero-order valence-electron chi connectivity index (χ0n) is 12.4. The van der Waals surface area contributed by atoms with Gasteiger partial charge in [-0.2, -0.15) is 0 Å². The zero-order chi connectivity index (χ0) is 14.4. The van der Waals surface area contributed by atoms with Crippen LogP contribution in [-0.2, 0) is 19.4 Å². The van der Waals surface area contributed by atoms with Gasteiger partial charge in [-0.3, -0.25) is 0 Å². The Morgan fingerprint density at radius 3 is 2.15 bits per heavy atom. The predicted octanol–water partition coefficient (Wildman–Crippen LogP) is 3.26. The molecule has 4 nitrogen and oxygen atoms in total. The maximum atomic E-state index is 4.34. The summed E-state index contributed by atoms with van der Waals surface area (Å²) in [5.74, 6) is 1.80. The van der Waals surface area contributed by atoms with Gasteiger partial charge in [0.1, 0.15) is 18.0 Å². The van der Waals surface area contributed by atoms with Gasteiger partial charge in [-0.15, -0.1) is 0 Å². The molecule has 0 amide bonds. The van der Waals surface area contributed by atoms with E-state index in [1.54, 1.807) is 6.33 Å². The monoisotopic (exact) mass is 270 g/mol. The Morgan fingerprint density at radius 2 is 1.55 bits per heavy atom. The van der Waals surface area contributed by atoms with Crippen LogP contribution in [0.2, 0.25) is 0 Å². The molecular weight excluding hydrogens is 248 g/mol. The van der Waals surface area contributed by atoms with Crippen molar-refractivity contribution in [2.75, 3.05) is 17.7 Å². The second-order valence-corrected chi connectivity index (χ2v) is 4.68. The van der Waals surface area contributed by atoms with E-state index in [2.05, 4.69) is 58.7 Å². The molecule has 2 N–H and O–H groups in total. The van der Waals surface area contributed by atoms with Crippen LogP contribution in [0.1, 0.15) is 30.5 Å². The molecule has 1 aromatic carbocycles. The smallest absolute Gasteiger partial charge is 0.134 e. The topological polar surface area (TPSA) is 49.8 Å². The highest BCUT2D eigenvalue weighted by atomic mass is 15.1. The number of aryl methyl sites for hydroxylation is 1. The number of aromatic nitrogens is 2. The van der Waals surface area contributed by atoms with Crippen molar-refractivity contribution in [3.05, 3.63) is 47.3 Å². The van der Waals surface area contributed by atoms with Gasteiger partial charge >= 0.3 is 0 Å². The van der Waals surface area contributed by atoms with Crippen LogP contribution >= 0.6 is 0 Å². The summed E-state index contributed by atoms with van der Waals surface area (Å²) in [5.41, 5.74) is 3.75. The van der Waals surface area contributed by atoms with Gasteiger partial charge in [0.05, 0.1) is 0 Å². The molecule has 0 fully saturated rings. The van der Waals surface area contributed by atoms with Gasteiger partial charge < -0.3 is 10.6 Å². The van der Waals surface area contributed by atoms with Crippen LogP contribution in [0.4, 0.5) is 11.6 Å². The Labute approximate surface area is 120 Å². The summed E-state index contributed by atoms with van der Waals surface area (Å²) in [6.07, 6.45) is 3.56. The van der Waals surface area contributed by atoms with Crippen LogP contribution in [-0.4, -0.2) is 17.0 Å². The second-order valence-electron chi connectivity index (χ2n) is 4.68. The highest BCUT2D eigenvalue weighted by Gasteiger charge is 2.08. The van der Waals surface area contributed by atoms with Crippen molar-refractivity contribution in [1.29, 1.82) is 0 Å². The quantitative estimate of drug-likeness (QED) is 0.846. The minimum absolute atomic E-state index is 0.775. The van der Waals surface area contributed by atoms with E-state index in [0.29, 0.717) is 0 Å². The lowest BCUT2D eigenvalue weighted by Crippen LogP contribution is -2.08. The maximum Gasteiger partial charge on any atom is 0.134 e. The normalized spacial score (nSPS) is 10.3. The first-order chi connectivity index (χ1) is 9.78. The van der Waals surface area contributed by atoms with Crippen molar-refractivity contribution >= 4 is 11.6 Å². The number of anilines is 2. The first-order valence-electron chi connectivity index (χ1n) is 7.11. The number of rotatable bonds is 6. The molecule has 0 aliphatic carbocycles. The van der Waals surface area contributed by atoms with E-state index in [-0.39, 0.29) is 0 Å². The molecule has 1 heterocycles. The van der Waals surface area contributed by atoms with E-state index in [1.165, 1.54) is 11.1 Å². The summed E-state index contributed by atoms with van der Waals surface area (Å²) in [5, 5.41) is 6.51. The molecule has 1 aromatic heterocycles. The summed E-state index contributed by atoms with van der Waals surface area (Å²) >= 11 is 0. The maximum absolute atomic E-state index is 4.34. The van der Waals surface area contributed by atoms with Gasteiger partial charge in [0, 0.05) is 19.2 Å². The summed E-state index contributed by atoms with van der Waals surface area (Å²) in [6.45, 7) is 5.05. The van der Waals surface area contributed by atoms with Crippen LogP contribution in [0.5, 0.6) is 0 Å². The largest absolute Gasteiger partial charge is 0.373 e. The van der Waals surface area contributed by atoms with E-state index in [4.69, 9.17) is 0 Å². The first kappa shape index (κ1) is 14.3. The van der Waals surface area contributed by atoms with Crippen molar-refractivity contribution in [1.82, 2.24) is 9.97 Å². The van der Waals surface area contributed by atoms with Gasteiger partial charge in [0.2, 0.25) is 0 Å². The second kappa shape index (κ2) is 6.89. The van der Waals surface area contributed by atoms with Crippen LogP contribution in [0, 0.1) is 0 Å². The fraction of sp³-hybridized carbons (Fsp3) is 0.375. The SMILES string of the molecule is CCc1ccc(CNc2ncnc(NC)c2CC)cc1. The standard InChI is InChI=1S/C16H22N4/c1-4-12-6-8-13(9-7-12)10-18-16-14(5-2)15(17-3)19-11-20-16/h6-9,11H,4-5,10H2,1-3H3,(H2,17,18,19,20). The van der Waals surface area contributed by atoms with Crippen LogP contribution in [0.3, 0.4) is 0 Å². The molecular formula is C16H22N4. The number of hydrogen-bond acceptors (Lipinski definition) is 4. The molecule has 0 radical (unpaired) electrons. The molecule has 0 atom stereocenters. The number of benzene rings is 1. The molecule has 0 bridgehead atoms. The fourth-order valence-electron chi connectivity index (χ4n) is 2.19. The minimum Gasteiger partial charge on any atom is -0.373 e. The van der Waals surface area contributed by atoms with Gasteiger partial charge in [0.25, 0.3) is 0 Å². The highest BCUT2D eigenvalue weighted by Crippen LogP contribution is 2.20. The van der Waals surface area contributed by atoms with Crippen molar-refractivity contribution in [3.8, 4) is 0 Å². The van der Waals surface area contributed by atoms with Gasteiger partial charge in [0.15, 0.2) is 0 Å². The minimum atomic E-state index is 0.775. The number of nitrogens with zero attached hydrogens (tertiary/aromatic N) is 2. The Morgan fingerprint density at radius 1 is 0.900 bits per heavy atom. The van der Waals surface area contributed by atoms with Crippen LogP contribution in [0.25, 0.3) is 0 Å². The van der Waals surface area contributed by atoms with Gasteiger partial charge in [-0.05, 0) is 24.0 Å². The summed E-state index contributed by atoms with van der Waals surface area (Å²) in [6, 6.07) is 8.68. The number of hydrogen-bond donors (Lipinski definition) is 2. The number of nitrogens with one attached hydrogen (secondary N) is 2. The van der Waals surface area contributed by atoms with E-state index >= 15 is 0 Å². The van der Waals surface area contributed by atoms with E-state index in [0.717, 1.165) is 36.6 Å². The Kier molecular flexibility index (Phi) is 4.93. The van der Waals surface area contributed by atoms with Gasteiger partial charge in [-0.1, -0.05) is 38.1 Å². The van der Waals surface area contributed by atoms with Crippen LogP contribution in [0.15, 0.2) is 30.6 Å². The van der Waals surface area contributed by atoms with Crippen LogP contribution < -0.4 is 10.6 Å². The molecule has 2 aromatic rings. The molecule has 0 aliphatic rings. The molecule has 0 saturated carbocycles. The lowest BCUT2D eigenvalue weighted by Gasteiger charge is -2.13. The molecule has 20 heavy (non-hydrogen) atoms. The molecule has 4 heteroatoms. The molecule has 2 rings (SSSR count). The van der Waals surface area contributed by atoms with E-state index < -0.39 is 0 Å². The Balaban J connectivity index is 2.10. The first-order valence-corrected chi connectivity index (χ1v) is 7.11. The van der Waals surface area contributed by atoms with Gasteiger partial charge in [-0.25, -0.2) is 9.97 Å². The van der Waals surface area contributed by atoms with Crippen molar-refractivity contribution in [2.24, 2.45) is 0 Å². The Bertz CT molecular complexity index is 549. The lowest BCUT2D eigenvalue weighted by molar-refractivity contribution is 1.01. The molecule has 0 aliphatic heterocycles.